The van der Waals surface area contributed by atoms with E-state index in [1.165, 1.54) is 81.5 Å². The molecule has 0 aliphatic heterocycles. The van der Waals surface area contributed by atoms with Crippen LogP contribution >= 0.6 is 57.1 Å². The molecule has 0 amide bonds. The lowest BCUT2D eigenvalue weighted by molar-refractivity contribution is 1.53. The highest BCUT2D eigenvalue weighted by molar-refractivity contribution is 7.98. The first-order valence-corrected chi connectivity index (χ1v) is 15.7. The molecule has 0 spiro atoms. The molecule has 164 valence electrons. The molecule has 34 heavy (non-hydrogen) atoms. The van der Waals surface area contributed by atoms with Gasteiger partial charge in [0.1, 0.15) is 23.5 Å². The first kappa shape index (κ1) is 22.7. The highest BCUT2D eigenvalue weighted by Gasteiger charge is 2.22. The van der Waals surface area contributed by atoms with E-state index in [2.05, 4.69) is 79.7 Å². The summed E-state index contributed by atoms with van der Waals surface area (Å²) < 4.78 is 5.66. The molecule has 0 unspecified atom stereocenters. The molecule has 2 aromatic carbocycles. The second kappa shape index (κ2) is 8.46. The van der Waals surface area contributed by atoms with Crippen molar-refractivity contribution in [3.8, 4) is 19.5 Å². The molecule has 0 saturated heterocycles. The van der Waals surface area contributed by atoms with E-state index in [9.17, 15) is 0 Å². The lowest BCUT2D eigenvalue weighted by Crippen LogP contribution is -2.08. The maximum Gasteiger partial charge on any atom is 0.143 e. The zero-order chi connectivity index (χ0) is 23.7. The largest absolute Gasteiger partial charge is 0.143 e. The molecule has 0 aliphatic carbocycles. The molecule has 0 N–H and O–H groups in total. The Labute approximate surface area is 223 Å². The van der Waals surface area contributed by atoms with Gasteiger partial charge in [-0.05, 0) is 53.3 Å². The van der Waals surface area contributed by atoms with E-state index in [-0.39, 0.29) is 0 Å². The summed E-state index contributed by atoms with van der Waals surface area (Å²) in [5.41, 5.74) is 6.87. The average molecular weight is 526 g/mol. The molecule has 6 rings (SSSR count). The van der Waals surface area contributed by atoms with Gasteiger partial charge in [-0.2, -0.15) is 0 Å². The van der Waals surface area contributed by atoms with E-state index < -0.39 is 0 Å². The summed E-state index contributed by atoms with van der Waals surface area (Å²) in [5, 5.41) is 2.76. The first-order chi connectivity index (χ1) is 16.4. The fraction of sp³-hybridized carbons (Fsp3) is 0.0769. The predicted molar refractivity (Wildman–Crippen MR) is 172 cm³/mol. The average Bonchev–Trinajstić information content (AvgIpc) is 3.55. The van der Waals surface area contributed by atoms with Gasteiger partial charge < -0.3 is 0 Å². The normalized spacial score (nSPS) is 11.8. The molecule has 0 saturated carbocycles. The van der Waals surface area contributed by atoms with Crippen molar-refractivity contribution in [1.29, 1.82) is 0 Å². The summed E-state index contributed by atoms with van der Waals surface area (Å²) >= 11 is 9.65. The van der Waals surface area contributed by atoms with Gasteiger partial charge in [-0.3, -0.25) is 0 Å². The number of hydrogen-bond donors (Lipinski definition) is 0. The van der Waals surface area contributed by atoms with Gasteiger partial charge in [-0.15, -0.1) is 57.1 Å². The van der Waals surface area contributed by atoms with Crippen molar-refractivity contribution in [2.24, 2.45) is 0 Å². The summed E-state index contributed by atoms with van der Waals surface area (Å²) in [6, 6.07) is 13.6. The van der Waals surface area contributed by atoms with Gasteiger partial charge >= 0.3 is 0 Å². The van der Waals surface area contributed by atoms with Crippen LogP contribution in [0.5, 0.6) is 0 Å². The summed E-state index contributed by atoms with van der Waals surface area (Å²) in [6.45, 7) is 6.26. The number of hydrogen-bond acceptors (Lipinski definition) is 5. The Hall–Kier alpha value is -1.70. The van der Waals surface area contributed by atoms with Gasteiger partial charge in [0.15, 0.2) is 0 Å². The second-order valence-corrected chi connectivity index (χ2v) is 13.7. The zero-order valence-electron chi connectivity index (χ0n) is 19.8. The van der Waals surface area contributed by atoms with Gasteiger partial charge in [-0.25, -0.2) is 0 Å². The third-order valence-corrected chi connectivity index (χ3v) is 13.2. The van der Waals surface area contributed by atoms with Crippen LogP contribution < -0.4 is 16.4 Å². The molecule has 0 nitrogen and oxygen atoms in total. The minimum Gasteiger partial charge on any atom is -0.135 e. The van der Waals surface area contributed by atoms with Gasteiger partial charge in [0.25, 0.3) is 0 Å². The first-order valence-electron chi connectivity index (χ1n) is 11.2. The van der Waals surface area contributed by atoms with Crippen LogP contribution in [0.4, 0.5) is 0 Å². The summed E-state index contributed by atoms with van der Waals surface area (Å²) in [4.78, 5) is 7.08. The van der Waals surface area contributed by atoms with Crippen LogP contribution in [0.25, 0.3) is 55.2 Å². The topological polar surface area (TPSA) is 0 Å². The quantitative estimate of drug-likeness (QED) is 0.226. The summed E-state index contributed by atoms with van der Waals surface area (Å²) in [6.07, 6.45) is 4.08. The Morgan fingerprint density at radius 3 is 1.97 bits per heavy atom. The van der Waals surface area contributed by atoms with E-state index in [4.69, 9.17) is 0 Å². The van der Waals surface area contributed by atoms with Crippen LogP contribution in [-0.2, 0) is 0 Å². The molecule has 0 bridgehead atoms. The van der Waals surface area contributed by atoms with Gasteiger partial charge in [-0.1, -0.05) is 47.2 Å². The Balaban J connectivity index is 1.51. The second-order valence-electron chi connectivity index (χ2n) is 8.70. The molecule has 6 aromatic rings. The van der Waals surface area contributed by atoms with E-state index in [0.717, 1.165) is 0 Å². The van der Waals surface area contributed by atoms with Crippen molar-refractivity contribution < 1.29 is 0 Å². The zero-order valence-corrected chi connectivity index (χ0v) is 23.9. The van der Waals surface area contributed by atoms with Crippen LogP contribution in [-0.4, -0.2) is 29.8 Å². The molecule has 8 heteroatoms. The van der Waals surface area contributed by atoms with Crippen LogP contribution in [0.1, 0.15) is 11.1 Å². The van der Waals surface area contributed by atoms with Crippen LogP contribution in [0.15, 0.2) is 47.9 Å². The van der Waals surface area contributed by atoms with E-state index in [1.807, 2.05) is 63.2 Å². The van der Waals surface area contributed by atoms with Crippen molar-refractivity contribution in [1.82, 2.24) is 0 Å². The fourth-order valence-corrected chi connectivity index (χ4v) is 11.0. The molecular formula is C26H21B3S5. The van der Waals surface area contributed by atoms with E-state index in [1.54, 1.807) is 0 Å². The fourth-order valence-electron chi connectivity index (χ4n) is 4.72. The number of fused-ring (bicyclic) bond motifs is 3. The maximum absolute atomic E-state index is 3.94. The van der Waals surface area contributed by atoms with E-state index in [0.29, 0.717) is 0 Å². The smallest absolute Gasteiger partial charge is 0.135 e. The van der Waals surface area contributed by atoms with Crippen molar-refractivity contribution >= 4 is 133 Å². The molecule has 0 radical (unpaired) electrons. The minimum atomic E-state index is 1.19. The Morgan fingerprint density at radius 1 is 0.735 bits per heavy atom. The van der Waals surface area contributed by atoms with Gasteiger partial charge in [0, 0.05) is 43.2 Å². The summed E-state index contributed by atoms with van der Waals surface area (Å²) in [7, 11) is 6.88. The number of aryl methyl sites for hydroxylation is 1. The maximum atomic E-state index is 3.94. The molecule has 4 aromatic heterocycles. The van der Waals surface area contributed by atoms with E-state index >= 15 is 0 Å². The van der Waals surface area contributed by atoms with Crippen molar-refractivity contribution in [3.05, 3.63) is 54.1 Å². The van der Waals surface area contributed by atoms with Crippen molar-refractivity contribution in [2.75, 3.05) is 6.26 Å². The van der Waals surface area contributed by atoms with Crippen LogP contribution in [0, 0.1) is 6.92 Å². The number of benzene rings is 2. The molecule has 4 heterocycles. The van der Waals surface area contributed by atoms with Crippen molar-refractivity contribution in [3.63, 3.8) is 0 Å². The summed E-state index contributed by atoms with van der Waals surface area (Å²) in [5.74, 6) is 0. The lowest BCUT2D eigenvalue weighted by Gasteiger charge is -2.01. The minimum absolute atomic E-state index is 1.19. The number of thiophene rings is 4. The Morgan fingerprint density at radius 2 is 1.32 bits per heavy atom. The Bertz CT molecular complexity index is 1760. The standard InChI is InChI=1S/C26H21B3S5/c1-4-12-5-7-14-16(9-12)31-24(19(14)28)26-20(29)25-22(34-26)11(2)21(33-25)23-18(27)15-8-6-13(30-3)10-17(15)32-23/h4-10H,1,27-29H2,2-3H3. The SMILES string of the molecule is Bc1c(-c2sc3c(C)c(-c4sc5cc(SC)ccc5c4B)sc3c2B)sc2cc(C=C)ccc12. The molecule has 0 atom stereocenters. The molecular weight excluding hydrogens is 505 g/mol. The highest BCUT2D eigenvalue weighted by atomic mass is 32.2. The number of rotatable bonds is 4. The third kappa shape index (κ3) is 3.34. The van der Waals surface area contributed by atoms with Gasteiger partial charge in [0.05, 0.1) is 0 Å². The highest BCUT2D eigenvalue weighted by Crippen LogP contribution is 2.46. The molecule has 0 aliphatic rings. The van der Waals surface area contributed by atoms with Crippen LogP contribution in [0.2, 0.25) is 0 Å². The Kier molecular flexibility index (Phi) is 5.66. The van der Waals surface area contributed by atoms with Gasteiger partial charge in [0.2, 0.25) is 0 Å². The predicted octanol–water partition coefficient (Wildman–Crippen LogP) is 5.17. The third-order valence-electron chi connectivity index (χ3n) is 6.73. The van der Waals surface area contributed by atoms with Crippen LogP contribution in [0.3, 0.4) is 0 Å². The lowest BCUT2D eigenvalue weighted by atomic mass is 9.88. The number of thioether (sulfide) groups is 1. The molecule has 0 fully saturated rings. The van der Waals surface area contributed by atoms with Crippen molar-refractivity contribution in [2.45, 2.75) is 11.8 Å². The monoisotopic (exact) mass is 526 g/mol.